The molecule has 0 heterocycles. The van der Waals surface area contributed by atoms with E-state index in [1.165, 1.54) is 0 Å². The number of carbonyl (C=O) groups is 1. The van der Waals surface area contributed by atoms with Crippen LogP contribution in [0.25, 0.3) is 0 Å². The quantitative estimate of drug-likeness (QED) is 0.633. The number of hydrogen-bond donors (Lipinski definition) is 0. The highest BCUT2D eigenvalue weighted by atomic mass is 16.6. The van der Waals surface area contributed by atoms with Gasteiger partial charge in [0.25, 0.3) is 0 Å². The molecule has 0 saturated heterocycles. The highest BCUT2D eigenvalue weighted by molar-refractivity contribution is 5.67. The molecule has 0 rings (SSSR count). The van der Waals surface area contributed by atoms with E-state index in [-0.39, 0.29) is 6.09 Å². The van der Waals surface area contributed by atoms with Crippen molar-refractivity contribution in [2.45, 2.75) is 40.5 Å². The first kappa shape index (κ1) is 15.8. The molecule has 3 heteroatoms. The fourth-order valence-corrected chi connectivity index (χ4v) is 1.54. The van der Waals surface area contributed by atoms with E-state index in [1.807, 2.05) is 26.0 Å². The number of nitrogens with zero attached hydrogens (tertiary/aromatic N) is 1. The molecule has 98 valence electrons. The summed E-state index contributed by atoms with van der Waals surface area (Å²) < 4.78 is 5.28. The molecule has 17 heavy (non-hydrogen) atoms. The van der Waals surface area contributed by atoms with Gasteiger partial charge >= 0.3 is 6.09 Å². The third-order valence-corrected chi connectivity index (χ3v) is 2.34. The van der Waals surface area contributed by atoms with Crippen LogP contribution in [-0.4, -0.2) is 30.7 Å². The van der Waals surface area contributed by atoms with Crippen LogP contribution in [-0.2, 0) is 4.74 Å². The molecule has 0 aliphatic heterocycles. The predicted molar refractivity (Wildman–Crippen MR) is 72.1 cm³/mol. The number of carbonyl (C=O) groups excluding carboxylic acids is 1. The number of ether oxygens (including phenoxy) is 1. The summed E-state index contributed by atoms with van der Waals surface area (Å²) in [5.41, 5.74) is 1.05. The molecule has 3 nitrogen and oxygen atoms in total. The SMILES string of the molecule is C/C=C\C(=C/CC)COC(=O)N(CC)CCC. The smallest absolute Gasteiger partial charge is 0.410 e. The third-order valence-electron chi connectivity index (χ3n) is 2.34. The Kier molecular flexibility index (Phi) is 9.21. The van der Waals surface area contributed by atoms with Gasteiger partial charge in [-0.05, 0) is 32.3 Å². The molecule has 0 aromatic carbocycles. The summed E-state index contributed by atoms with van der Waals surface area (Å²) in [4.78, 5) is 13.5. The molecule has 0 aliphatic rings. The van der Waals surface area contributed by atoms with Crippen molar-refractivity contribution in [1.82, 2.24) is 4.90 Å². The van der Waals surface area contributed by atoms with Crippen molar-refractivity contribution in [3.63, 3.8) is 0 Å². The van der Waals surface area contributed by atoms with E-state index in [0.29, 0.717) is 13.2 Å². The summed E-state index contributed by atoms with van der Waals surface area (Å²) in [6.07, 6.45) is 7.69. The molecule has 0 spiro atoms. The van der Waals surface area contributed by atoms with Crippen molar-refractivity contribution >= 4 is 6.09 Å². The Labute approximate surface area is 105 Å². The Morgan fingerprint density at radius 3 is 2.47 bits per heavy atom. The molecule has 0 N–H and O–H groups in total. The monoisotopic (exact) mass is 239 g/mol. The zero-order chi connectivity index (χ0) is 13.1. The molecule has 0 bridgehead atoms. The van der Waals surface area contributed by atoms with Crippen LogP contribution >= 0.6 is 0 Å². The lowest BCUT2D eigenvalue weighted by molar-refractivity contribution is 0.113. The molecular weight excluding hydrogens is 214 g/mol. The predicted octanol–water partition coefficient (Wildman–Crippen LogP) is 3.77. The molecule has 0 aliphatic carbocycles. The highest BCUT2D eigenvalue weighted by Gasteiger charge is 2.11. The van der Waals surface area contributed by atoms with Crippen LogP contribution in [0.2, 0.25) is 0 Å². The van der Waals surface area contributed by atoms with Crippen molar-refractivity contribution in [1.29, 1.82) is 0 Å². The summed E-state index contributed by atoms with van der Waals surface area (Å²) in [5.74, 6) is 0. The van der Waals surface area contributed by atoms with E-state index in [2.05, 4.69) is 19.9 Å². The van der Waals surface area contributed by atoms with Crippen LogP contribution in [0.3, 0.4) is 0 Å². The summed E-state index contributed by atoms with van der Waals surface area (Å²) in [6.45, 7) is 9.86. The first-order valence-electron chi connectivity index (χ1n) is 6.42. The van der Waals surface area contributed by atoms with Gasteiger partial charge in [-0.1, -0.05) is 32.1 Å². The normalized spacial score (nSPS) is 11.9. The average Bonchev–Trinajstić information content (AvgIpc) is 2.33. The molecule has 1 amide bonds. The van der Waals surface area contributed by atoms with Crippen LogP contribution in [0.1, 0.15) is 40.5 Å². The topological polar surface area (TPSA) is 29.5 Å². The maximum absolute atomic E-state index is 11.7. The lowest BCUT2D eigenvalue weighted by Gasteiger charge is -2.19. The van der Waals surface area contributed by atoms with E-state index in [0.717, 1.165) is 25.0 Å². The fraction of sp³-hybridized carbons (Fsp3) is 0.643. The van der Waals surface area contributed by atoms with Gasteiger partial charge < -0.3 is 9.64 Å². The molecule has 0 fully saturated rings. The van der Waals surface area contributed by atoms with Gasteiger partial charge in [0.05, 0.1) is 0 Å². The molecule has 0 atom stereocenters. The van der Waals surface area contributed by atoms with E-state index >= 15 is 0 Å². The van der Waals surface area contributed by atoms with E-state index in [9.17, 15) is 4.79 Å². The lowest BCUT2D eigenvalue weighted by atomic mass is 10.2. The zero-order valence-electron chi connectivity index (χ0n) is 11.5. The van der Waals surface area contributed by atoms with Gasteiger partial charge in [0, 0.05) is 13.1 Å². The summed E-state index contributed by atoms with van der Waals surface area (Å²) >= 11 is 0. The minimum absolute atomic E-state index is 0.221. The summed E-state index contributed by atoms with van der Waals surface area (Å²) in [5, 5.41) is 0. The van der Waals surface area contributed by atoms with Gasteiger partial charge in [-0.3, -0.25) is 0 Å². The van der Waals surface area contributed by atoms with Crippen molar-refractivity contribution in [2.75, 3.05) is 19.7 Å². The Bertz CT molecular complexity index is 269. The first-order valence-corrected chi connectivity index (χ1v) is 6.42. The van der Waals surface area contributed by atoms with Crippen LogP contribution in [0, 0.1) is 0 Å². The Morgan fingerprint density at radius 1 is 1.29 bits per heavy atom. The molecule has 0 aromatic rings. The second-order valence-electron chi connectivity index (χ2n) is 3.82. The largest absolute Gasteiger partial charge is 0.445 e. The van der Waals surface area contributed by atoms with Gasteiger partial charge in [-0.2, -0.15) is 0 Å². The van der Waals surface area contributed by atoms with Gasteiger partial charge in [0.1, 0.15) is 6.61 Å². The average molecular weight is 239 g/mol. The van der Waals surface area contributed by atoms with E-state index in [4.69, 9.17) is 4.74 Å². The first-order chi connectivity index (χ1) is 8.19. The van der Waals surface area contributed by atoms with Crippen LogP contribution in [0.4, 0.5) is 4.79 Å². The molecular formula is C14H25NO2. The van der Waals surface area contributed by atoms with Gasteiger partial charge in [-0.25, -0.2) is 4.79 Å². The Morgan fingerprint density at radius 2 is 2.00 bits per heavy atom. The van der Waals surface area contributed by atoms with Crippen molar-refractivity contribution in [3.05, 3.63) is 23.8 Å². The number of rotatable bonds is 7. The van der Waals surface area contributed by atoms with Gasteiger partial charge in [-0.15, -0.1) is 0 Å². The second-order valence-corrected chi connectivity index (χ2v) is 3.82. The fourth-order valence-electron chi connectivity index (χ4n) is 1.54. The summed E-state index contributed by atoms with van der Waals surface area (Å²) in [7, 11) is 0. The van der Waals surface area contributed by atoms with Gasteiger partial charge in [0.15, 0.2) is 0 Å². The molecule has 0 unspecified atom stereocenters. The third kappa shape index (κ3) is 6.82. The van der Waals surface area contributed by atoms with Crippen LogP contribution in [0.15, 0.2) is 23.8 Å². The van der Waals surface area contributed by atoms with Crippen molar-refractivity contribution < 1.29 is 9.53 Å². The maximum atomic E-state index is 11.7. The van der Waals surface area contributed by atoms with E-state index in [1.54, 1.807) is 4.90 Å². The number of amides is 1. The highest BCUT2D eigenvalue weighted by Crippen LogP contribution is 2.03. The Hall–Kier alpha value is -1.25. The standard InChI is InChI=1S/C14H25NO2/c1-5-9-13(10-6-2)12-17-14(16)15(8-4)11-7-3/h5,9-10H,6-8,11-12H2,1-4H3/b9-5-,13-10+. The number of hydrogen-bond acceptors (Lipinski definition) is 2. The van der Waals surface area contributed by atoms with Gasteiger partial charge in [0.2, 0.25) is 0 Å². The van der Waals surface area contributed by atoms with Crippen LogP contribution < -0.4 is 0 Å². The maximum Gasteiger partial charge on any atom is 0.410 e. The second kappa shape index (κ2) is 9.94. The molecule has 0 saturated carbocycles. The zero-order valence-corrected chi connectivity index (χ0v) is 11.5. The van der Waals surface area contributed by atoms with Crippen molar-refractivity contribution in [2.24, 2.45) is 0 Å². The lowest BCUT2D eigenvalue weighted by Crippen LogP contribution is -2.32. The molecule has 0 radical (unpaired) electrons. The van der Waals surface area contributed by atoms with Crippen molar-refractivity contribution in [3.8, 4) is 0 Å². The van der Waals surface area contributed by atoms with Crippen LogP contribution in [0.5, 0.6) is 0 Å². The minimum atomic E-state index is -0.221. The molecule has 0 aromatic heterocycles. The Balaban J connectivity index is 4.24. The number of allylic oxidation sites excluding steroid dienone is 2. The minimum Gasteiger partial charge on any atom is -0.445 e. The van der Waals surface area contributed by atoms with E-state index < -0.39 is 0 Å². The summed E-state index contributed by atoms with van der Waals surface area (Å²) in [6, 6.07) is 0.